The van der Waals surface area contributed by atoms with E-state index in [2.05, 4.69) is 38.2 Å². The van der Waals surface area contributed by atoms with Crippen LogP contribution in [0.1, 0.15) is 310 Å². The van der Waals surface area contributed by atoms with Crippen molar-refractivity contribution in [3.8, 4) is 0 Å². The SMILES string of the molecule is CCCCCCCCC/C=C/CCCCCC(CC(=O)NC(CO)C(O)CCCCCCCCCCCCC)OC(=O)CCCCCCCCCCCCCCCCCCCC. The molecule has 62 heavy (non-hydrogen) atoms. The minimum Gasteiger partial charge on any atom is -0.462 e. The zero-order valence-electron chi connectivity index (χ0n) is 42.0. The Kier molecular flexibility index (Phi) is 49.5. The summed E-state index contributed by atoms with van der Waals surface area (Å²) in [5.41, 5.74) is 0. The molecule has 3 atom stereocenters. The van der Waals surface area contributed by atoms with Crippen molar-refractivity contribution in [3.05, 3.63) is 12.2 Å². The van der Waals surface area contributed by atoms with Crippen LogP contribution in [0.25, 0.3) is 0 Å². The Morgan fingerprint density at radius 2 is 0.774 bits per heavy atom. The Morgan fingerprint density at radius 1 is 0.452 bits per heavy atom. The van der Waals surface area contributed by atoms with E-state index in [9.17, 15) is 19.8 Å². The molecule has 0 rings (SSSR count). The molecule has 3 unspecified atom stereocenters. The second-order valence-electron chi connectivity index (χ2n) is 19.3. The fourth-order valence-corrected chi connectivity index (χ4v) is 8.84. The first-order valence-corrected chi connectivity index (χ1v) is 27.9. The number of esters is 1. The molecule has 0 aliphatic heterocycles. The van der Waals surface area contributed by atoms with Gasteiger partial charge in [-0.2, -0.15) is 0 Å². The molecule has 0 radical (unpaired) electrons. The number of allylic oxidation sites excluding steroid dienone is 2. The summed E-state index contributed by atoms with van der Waals surface area (Å²) in [6.45, 7) is 6.50. The molecule has 6 nitrogen and oxygen atoms in total. The largest absolute Gasteiger partial charge is 0.462 e. The number of nitrogens with one attached hydrogen (secondary N) is 1. The lowest BCUT2D eigenvalue weighted by Crippen LogP contribution is -2.46. The average molecular weight is 876 g/mol. The number of carbonyl (C=O) groups is 2. The van der Waals surface area contributed by atoms with Crippen LogP contribution in [0.4, 0.5) is 0 Å². The number of aliphatic hydroxyl groups is 2. The highest BCUT2D eigenvalue weighted by Crippen LogP contribution is 2.18. The standard InChI is InChI=1S/C56H109NO5/c1-4-7-10-13-16-19-22-24-26-27-28-29-31-34-37-40-43-46-49-56(61)62-52(47-44-41-38-35-33-30-25-23-20-17-14-11-8-5-2)50-55(60)57-53(51-58)54(59)48-45-42-39-36-32-21-18-15-12-9-6-3/h30,33,52-54,58-59H,4-29,31-32,34-51H2,1-3H3,(H,57,60)/b33-30+. The van der Waals surface area contributed by atoms with Crippen molar-refractivity contribution < 1.29 is 24.5 Å². The highest BCUT2D eigenvalue weighted by Gasteiger charge is 2.24. The Hall–Kier alpha value is -1.40. The highest BCUT2D eigenvalue weighted by molar-refractivity contribution is 5.77. The van der Waals surface area contributed by atoms with Crippen LogP contribution < -0.4 is 5.32 Å². The Morgan fingerprint density at radius 3 is 1.16 bits per heavy atom. The molecule has 0 aromatic heterocycles. The molecule has 0 aromatic rings. The van der Waals surface area contributed by atoms with Gasteiger partial charge in [0.1, 0.15) is 6.10 Å². The van der Waals surface area contributed by atoms with Gasteiger partial charge >= 0.3 is 5.97 Å². The molecule has 0 spiro atoms. The zero-order chi connectivity index (χ0) is 45.2. The Balaban J connectivity index is 4.50. The van der Waals surface area contributed by atoms with Gasteiger partial charge < -0.3 is 20.3 Å². The molecule has 6 heteroatoms. The van der Waals surface area contributed by atoms with Crippen molar-refractivity contribution in [2.75, 3.05) is 6.61 Å². The lowest BCUT2D eigenvalue weighted by molar-refractivity contribution is -0.151. The third-order valence-corrected chi connectivity index (χ3v) is 13.1. The van der Waals surface area contributed by atoms with Crippen molar-refractivity contribution in [1.29, 1.82) is 0 Å². The fraction of sp³-hybridized carbons (Fsp3) is 0.929. The lowest BCUT2D eigenvalue weighted by Gasteiger charge is -2.24. The van der Waals surface area contributed by atoms with E-state index in [1.165, 1.54) is 205 Å². The van der Waals surface area contributed by atoms with Gasteiger partial charge in [-0.1, -0.05) is 258 Å². The summed E-state index contributed by atoms with van der Waals surface area (Å²) < 4.78 is 5.95. The van der Waals surface area contributed by atoms with Gasteiger partial charge in [-0.25, -0.2) is 0 Å². The van der Waals surface area contributed by atoms with Gasteiger partial charge in [0.2, 0.25) is 5.91 Å². The number of amides is 1. The number of hydrogen-bond donors (Lipinski definition) is 3. The van der Waals surface area contributed by atoms with Gasteiger partial charge in [0.05, 0.1) is 25.2 Å². The molecular formula is C56H109NO5. The normalized spacial score (nSPS) is 13.2. The van der Waals surface area contributed by atoms with Crippen molar-refractivity contribution in [2.45, 2.75) is 328 Å². The van der Waals surface area contributed by atoms with E-state index in [4.69, 9.17) is 4.74 Å². The fourth-order valence-electron chi connectivity index (χ4n) is 8.84. The van der Waals surface area contributed by atoms with Crippen molar-refractivity contribution >= 4 is 11.9 Å². The van der Waals surface area contributed by atoms with Gasteiger partial charge in [0.15, 0.2) is 0 Å². The Labute approximate surface area is 387 Å². The second-order valence-corrected chi connectivity index (χ2v) is 19.3. The minimum absolute atomic E-state index is 0.0743. The summed E-state index contributed by atoms with van der Waals surface area (Å²) in [5.74, 6) is -0.468. The maximum absolute atomic E-state index is 13.2. The zero-order valence-corrected chi connectivity index (χ0v) is 42.0. The third-order valence-electron chi connectivity index (χ3n) is 13.1. The summed E-state index contributed by atoms with van der Waals surface area (Å²) in [6, 6.07) is -0.700. The number of unbranched alkanes of at least 4 members (excludes halogenated alkanes) is 37. The number of aliphatic hydroxyl groups excluding tert-OH is 2. The van der Waals surface area contributed by atoms with E-state index in [1.54, 1.807) is 0 Å². The van der Waals surface area contributed by atoms with Crippen LogP contribution in [0.15, 0.2) is 12.2 Å². The maximum Gasteiger partial charge on any atom is 0.306 e. The summed E-state index contributed by atoms with van der Waals surface area (Å²) >= 11 is 0. The van der Waals surface area contributed by atoms with E-state index in [-0.39, 0.29) is 24.9 Å². The first-order valence-electron chi connectivity index (χ1n) is 27.9. The monoisotopic (exact) mass is 876 g/mol. The van der Waals surface area contributed by atoms with Crippen LogP contribution in [-0.2, 0) is 14.3 Å². The van der Waals surface area contributed by atoms with Crippen molar-refractivity contribution in [1.82, 2.24) is 5.32 Å². The molecule has 0 fully saturated rings. The molecule has 0 aromatic carbocycles. The van der Waals surface area contributed by atoms with Crippen LogP contribution in [0, 0.1) is 0 Å². The smallest absolute Gasteiger partial charge is 0.306 e. The predicted molar refractivity (Wildman–Crippen MR) is 269 cm³/mol. The van der Waals surface area contributed by atoms with Crippen molar-refractivity contribution in [3.63, 3.8) is 0 Å². The minimum atomic E-state index is -0.785. The van der Waals surface area contributed by atoms with Crippen LogP contribution in [0.2, 0.25) is 0 Å². The predicted octanol–water partition coefficient (Wildman–Crippen LogP) is 16.9. The topological polar surface area (TPSA) is 95.9 Å². The van der Waals surface area contributed by atoms with E-state index in [0.29, 0.717) is 19.3 Å². The number of ether oxygens (including phenoxy) is 1. The molecule has 368 valence electrons. The highest BCUT2D eigenvalue weighted by atomic mass is 16.5. The molecule has 0 bridgehead atoms. The summed E-state index contributed by atoms with van der Waals surface area (Å²) in [4.78, 5) is 26.2. The number of rotatable bonds is 51. The van der Waals surface area contributed by atoms with E-state index < -0.39 is 18.2 Å². The van der Waals surface area contributed by atoms with Gasteiger partial charge in [0, 0.05) is 6.42 Å². The lowest BCUT2D eigenvalue weighted by atomic mass is 10.0. The van der Waals surface area contributed by atoms with E-state index in [0.717, 1.165) is 57.8 Å². The molecule has 1 amide bonds. The average Bonchev–Trinajstić information content (AvgIpc) is 3.26. The quantitative estimate of drug-likeness (QED) is 0.0321. The van der Waals surface area contributed by atoms with Crippen LogP contribution in [0.5, 0.6) is 0 Å². The maximum atomic E-state index is 13.2. The molecule has 3 N–H and O–H groups in total. The van der Waals surface area contributed by atoms with Crippen LogP contribution in [0.3, 0.4) is 0 Å². The molecule has 0 heterocycles. The van der Waals surface area contributed by atoms with E-state index >= 15 is 0 Å². The van der Waals surface area contributed by atoms with Gasteiger partial charge in [-0.05, 0) is 51.4 Å². The van der Waals surface area contributed by atoms with Gasteiger partial charge in [-0.3, -0.25) is 9.59 Å². The van der Waals surface area contributed by atoms with E-state index in [1.807, 2.05) is 0 Å². The first kappa shape index (κ1) is 60.6. The van der Waals surface area contributed by atoms with Crippen molar-refractivity contribution in [2.24, 2.45) is 0 Å². The Bertz CT molecular complexity index is 939. The molecule has 0 aliphatic carbocycles. The third kappa shape index (κ3) is 45.2. The first-order chi connectivity index (χ1) is 30.5. The summed E-state index contributed by atoms with van der Waals surface area (Å²) in [6.07, 6.45) is 57.1. The van der Waals surface area contributed by atoms with Gasteiger partial charge in [0.25, 0.3) is 0 Å². The molecule has 0 saturated heterocycles. The van der Waals surface area contributed by atoms with Crippen LogP contribution >= 0.6 is 0 Å². The molecular weight excluding hydrogens is 767 g/mol. The molecule has 0 aliphatic rings. The second kappa shape index (κ2) is 50.6. The number of hydrogen-bond acceptors (Lipinski definition) is 5. The molecule has 0 saturated carbocycles. The number of carbonyl (C=O) groups excluding carboxylic acids is 2. The van der Waals surface area contributed by atoms with Crippen LogP contribution in [-0.4, -0.2) is 46.9 Å². The summed E-state index contributed by atoms with van der Waals surface area (Å²) in [5, 5.41) is 23.8. The van der Waals surface area contributed by atoms with Gasteiger partial charge in [-0.15, -0.1) is 0 Å². The summed E-state index contributed by atoms with van der Waals surface area (Å²) in [7, 11) is 0.